The lowest BCUT2D eigenvalue weighted by Gasteiger charge is -2.27. The number of carboxylic acid groups (broad SMARTS) is 1. The molecule has 2 atom stereocenters. The van der Waals surface area contributed by atoms with Crippen molar-refractivity contribution in [2.75, 3.05) is 0 Å². The molecular formula is C14H18O4. The Bertz CT molecular complexity index is 465. The highest BCUT2D eigenvalue weighted by Crippen LogP contribution is 2.35. The van der Waals surface area contributed by atoms with E-state index in [2.05, 4.69) is 0 Å². The topological polar surface area (TPSA) is 66.8 Å². The van der Waals surface area contributed by atoms with Gasteiger partial charge in [0.2, 0.25) is 0 Å². The summed E-state index contributed by atoms with van der Waals surface area (Å²) in [6, 6.07) is 5.03. The van der Waals surface area contributed by atoms with Crippen molar-refractivity contribution in [3.8, 4) is 5.75 Å². The van der Waals surface area contributed by atoms with Crippen LogP contribution in [-0.2, 0) is 0 Å². The molecule has 1 aromatic rings. The maximum Gasteiger partial charge on any atom is 0.339 e. The third-order valence-electron chi connectivity index (χ3n) is 3.55. The van der Waals surface area contributed by atoms with Gasteiger partial charge in [-0.1, -0.05) is 12.1 Å². The van der Waals surface area contributed by atoms with Crippen molar-refractivity contribution in [2.24, 2.45) is 0 Å². The minimum atomic E-state index is -1.01. The Morgan fingerprint density at radius 1 is 1.50 bits per heavy atom. The molecule has 0 aromatic heterocycles. The van der Waals surface area contributed by atoms with Gasteiger partial charge in [0.15, 0.2) is 0 Å². The van der Waals surface area contributed by atoms with Crippen molar-refractivity contribution in [2.45, 2.75) is 44.8 Å². The van der Waals surface area contributed by atoms with Gasteiger partial charge in [-0.3, -0.25) is 0 Å². The molecule has 4 nitrogen and oxygen atoms in total. The maximum absolute atomic E-state index is 11.2. The standard InChI is InChI=1S/C14H18O4/c1-9-5-3-6-10(13(15)16)12(9)18-11-7-4-8-14(11,2)17/h3,5-6,11,17H,4,7-8H2,1-2H3,(H,15,16). The van der Waals surface area contributed by atoms with Gasteiger partial charge in [0, 0.05) is 0 Å². The highest BCUT2D eigenvalue weighted by molar-refractivity contribution is 5.91. The Morgan fingerprint density at radius 2 is 2.22 bits per heavy atom. The molecule has 1 aromatic carbocycles. The first kappa shape index (κ1) is 12.9. The molecule has 0 saturated heterocycles. The van der Waals surface area contributed by atoms with Crippen LogP contribution in [0.1, 0.15) is 42.1 Å². The van der Waals surface area contributed by atoms with Crippen LogP contribution < -0.4 is 4.74 Å². The summed E-state index contributed by atoms with van der Waals surface area (Å²) in [4.78, 5) is 11.2. The Hall–Kier alpha value is -1.55. The first-order valence-corrected chi connectivity index (χ1v) is 6.14. The number of aromatic carboxylic acids is 1. The van der Waals surface area contributed by atoms with Crippen LogP contribution in [0.2, 0.25) is 0 Å². The van der Waals surface area contributed by atoms with Crippen molar-refractivity contribution in [1.29, 1.82) is 0 Å². The van der Waals surface area contributed by atoms with Crippen LogP contribution in [0, 0.1) is 6.92 Å². The second-order valence-electron chi connectivity index (χ2n) is 5.11. The van der Waals surface area contributed by atoms with E-state index in [9.17, 15) is 9.90 Å². The smallest absolute Gasteiger partial charge is 0.339 e. The third kappa shape index (κ3) is 2.34. The minimum absolute atomic E-state index is 0.151. The summed E-state index contributed by atoms with van der Waals surface area (Å²) < 4.78 is 5.78. The predicted octanol–water partition coefficient (Wildman–Crippen LogP) is 2.38. The SMILES string of the molecule is Cc1cccc(C(=O)O)c1OC1CCCC1(C)O. The van der Waals surface area contributed by atoms with Gasteiger partial charge in [0.25, 0.3) is 0 Å². The number of para-hydroxylation sites is 1. The van der Waals surface area contributed by atoms with Crippen LogP contribution in [0.15, 0.2) is 18.2 Å². The molecule has 1 saturated carbocycles. The molecule has 0 aliphatic heterocycles. The maximum atomic E-state index is 11.2. The Kier molecular flexibility index (Phi) is 3.30. The molecule has 2 rings (SSSR count). The quantitative estimate of drug-likeness (QED) is 0.864. The van der Waals surface area contributed by atoms with E-state index in [0.717, 1.165) is 18.4 Å². The van der Waals surface area contributed by atoms with E-state index in [1.165, 1.54) is 6.07 Å². The molecule has 2 unspecified atom stereocenters. The lowest BCUT2D eigenvalue weighted by atomic mass is 10.0. The lowest BCUT2D eigenvalue weighted by molar-refractivity contribution is -0.0259. The number of carboxylic acids is 1. The third-order valence-corrected chi connectivity index (χ3v) is 3.55. The number of hydrogen-bond donors (Lipinski definition) is 2. The second kappa shape index (κ2) is 4.61. The number of carbonyl (C=O) groups is 1. The van der Waals surface area contributed by atoms with Gasteiger partial charge >= 0.3 is 5.97 Å². The molecule has 1 aliphatic carbocycles. The van der Waals surface area contributed by atoms with E-state index < -0.39 is 11.6 Å². The van der Waals surface area contributed by atoms with Gasteiger partial charge in [0.1, 0.15) is 17.4 Å². The molecule has 0 bridgehead atoms. The van der Waals surface area contributed by atoms with Gasteiger partial charge in [-0.05, 0) is 44.7 Å². The summed E-state index contributed by atoms with van der Waals surface area (Å²) in [5, 5.41) is 19.3. The van der Waals surface area contributed by atoms with Gasteiger partial charge in [-0.25, -0.2) is 4.79 Å². The Labute approximate surface area is 106 Å². The molecule has 0 amide bonds. The van der Waals surface area contributed by atoms with E-state index in [1.54, 1.807) is 13.0 Å². The molecule has 4 heteroatoms. The highest BCUT2D eigenvalue weighted by atomic mass is 16.5. The minimum Gasteiger partial charge on any atom is -0.486 e. The van der Waals surface area contributed by atoms with Crippen molar-refractivity contribution >= 4 is 5.97 Å². The number of aryl methyl sites for hydroxylation is 1. The van der Waals surface area contributed by atoms with Gasteiger partial charge in [-0.2, -0.15) is 0 Å². The molecule has 98 valence electrons. The number of rotatable bonds is 3. The van der Waals surface area contributed by atoms with E-state index in [1.807, 2.05) is 13.0 Å². The lowest BCUT2D eigenvalue weighted by Crippen LogP contribution is -2.38. The van der Waals surface area contributed by atoms with Crippen LogP contribution in [0.4, 0.5) is 0 Å². The normalized spacial score (nSPS) is 27.2. The fourth-order valence-electron chi connectivity index (χ4n) is 2.42. The summed E-state index contributed by atoms with van der Waals surface area (Å²) in [6.45, 7) is 3.55. The summed E-state index contributed by atoms with van der Waals surface area (Å²) in [5.41, 5.74) is 0.0493. The second-order valence-corrected chi connectivity index (χ2v) is 5.11. The number of benzene rings is 1. The molecule has 18 heavy (non-hydrogen) atoms. The van der Waals surface area contributed by atoms with Crippen LogP contribution in [-0.4, -0.2) is 27.9 Å². The summed E-state index contributed by atoms with van der Waals surface area (Å²) in [7, 11) is 0. The zero-order valence-corrected chi connectivity index (χ0v) is 10.6. The zero-order valence-electron chi connectivity index (χ0n) is 10.6. The van der Waals surface area contributed by atoms with E-state index in [0.29, 0.717) is 12.2 Å². The number of aliphatic hydroxyl groups is 1. The van der Waals surface area contributed by atoms with Crippen LogP contribution in [0.3, 0.4) is 0 Å². The molecule has 1 aliphatic rings. The van der Waals surface area contributed by atoms with Crippen molar-refractivity contribution in [3.63, 3.8) is 0 Å². The predicted molar refractivity (Wildman–Crippen MR) is 67.0 cm³/mol. The van der Waals surface area contributed by atoms with Gasteiger partial charge in [-0.15, -0.1) is 0 Å². The number of hydrogen-bond acceptors (Lipinski definition) is 3. The van der Waals surface area contributed by atoms with Gasteiger partial charge in [0.05, 0.1) is 5.60 Å². The summed E-state index contributed by atoms with van der Waals surface area (Å²) in [6.07, 6.45) is 2.00. The first-order chi connectivity index (χ1) is 8.42. The van der Waals surface area contributed by atoms with Crippen LogP contribution in [0.25, 0.3) is 0 Å². The summed E-state index contributed by atoms with van der Waals surface area (Å²) >= 11 is 0. The molecule has 0 heterocycles. The van der Waals surface area contributed by atoms with Crippen molar-refractivity contribution < 1.29 is 19.7 Å². The Morgan fingerprint density at radius 3 is 2.78 bits per heavy atom. The molecular weight excluding hydrogens is 232 g/mol. The highest BCUT2D eigenvalue weighted by Gasteiger charge is 2.39. The first-order valence-electron chi connectivity index (χ1n) is 6.14. The van der Waals surface area contributed by atoms with E-state index in [4.69, 9.17) is 9.84 Å². The van der Waals surface area contributed by atoms with Crippen LogP contribution >= 0.6 is 0 Å². The van der Waals surface area contributed by atoms with E-state index >= 15 is 0 Å². The molecule has 0 spiro atoms. The van der Waals surface area contributed by atoms with Gasteiger partial charge < -0.3 is 14.9 Å². The number of ether oxygens (including phenoxy) is 1. The average molecular weight is 250 g/mol. The van der Waals surface area contributed by atoms with Crippen LogP contribution in [0.5, 0.6) is 5.75 Å². The zero-order chi connectivity index (χ0) is 13.3. The monoisotopic (exact) mass is 250 g/mol. The Balaban J connectivity index is 2.31. The largest absolute Gasteiger partial charge is 0.486 e. The summed E-state index contributed by atoms with van der Waals surface area (Å²) in [5.74, 6) is -0.636. The fourth-order valence-corrected chi connectivity index (χ4v) is 2.42. The molecule has 1 fully saturated rings. The average Bonchev–Trinajstić information content (AvgIpc) is 2.60. The fraction of sp³-hybridized carbons (Fsp3) is 0.500. The van der Waals surface area contributed by atoms with Crippen molar-refractivity contribution in [3.05, 3.63) is 29.3 Å². The molecule has 0 radical (unpaired) electrons. The molecule has 2 N–H and O–H groups in total. The van der Waals surface area contributed by atoms with Crippen molar-refractivity contribution in [1.82, 2.24) is 0 Å². The van der Waals surface area contributed by atoms with E-state index in [-0.39, 0.29) is 11.7 Å².